The summed E-state index contributed by atoms with van der Waals surface area (Å²) in [5.41, 5.74) is 2.85. The number of nitrogens with zero attached hydrogens (tertiary/aromatic N) is 4. The van der Waals surface area contributed by atoms with E-state index in [1.807, 2.05) is 45.0 Å². The summed E-state index contributed by atoms with van der Waals surface area (Å²) >= 11 is 0. The van der Waals surface area contributed by atoms with Gasteiger partial charge in [-0.15, -0.1) is 0 Å². The lowest BCUT2D eigenvalue weighted by Gasteiger charge is -2.66. The van der Waals surface area contributed by atoms with E-state index in [4.69, 9.17) is 9.47 Å². The van der Waals surface area contributed by atoms with Gasteiger partial charge in [-0.1, -0.05) is 48.5 Å². The number of carbonyl (C=O) groups excluding carboxylic acids is 2. The van der Waals surface area contributed by atoms with Crippen LogP contribution in [0.25, 0.3) is 0 Å². The summed E-state index contributed by atoms with van der Waals surface area (Å²) in [5, 5.41) is 25.5. The zero-order valence-corrected chi connectivity index (χ0v) is 24.5. The van der Waals surface area contributed by atoms with E-state index in [0.29, 0.717) is 0 Å². The summed E-state index contributed by atoms with van der Waals surface area (Å²) in [6.07, 6.45) is 3.05. The number of fused-ring (bicyclic) bond motifs is 3. The molecule has 2 N–H and O–H groups in total. The SMILES string of the molecule is COCCN1C(=O)C2=C(O)C(O)C=CN2N(C2c3ccccc3CCc3ccccc32)C12CN(C(=O)OC(C)(C)C)C2. The molecule has 0 saturated carbocycles. The predicted octanol–water partition coefficient (Wildman–Crippen LogP) is 3.49. The first-order valence-electron chi connectivity index (χ1n) is 14.4. The minimum atomic E-state index is -1.31. The van der Waals surface area contributed by atoms with Crippen molar-refractivity contribution in [1.82, 2.24) is 19.8 Å². The van der Waals surface area contributed by atoms with E-state index >= 15 is 0 Å². The Morgan fingerprint density at radius 3 is 2.19 bits per heavy atom. The molecule has 6 rings (SSSR count). The van der Waals surface area contributed by atoms with Gasteiger partial charge >= 0.3 is 6.09 Å². The van der Waals surface area contributed by atoms with Gasteiger partial charge in [0, 0.05) is 19.9 Å². The number of amides is 2. The van der Waals surface area contributed by atoms with E-state index in [2.05, 4.69) is 29.3 Å². The van der Waals surface area contributed by atoms with Gasteiger partial charge in [0.2, 0.25) is 0 Å². The van der Waals surface area contributed by atoms with E-state index in [-0.39, 0.29) is 38.0 Å². The number of hydrogen-bond acceptors (Lipinski definition) is 8. The Bertz CT molecular complexity index is 1410. The number of ether oxygens (including phenoxy) is 2. The molecule has 3 heterocycles. The molecule has 2 amide bonds. The fourth-order valence-corrected chi connectivity index (χ4v) is 6.57. The third-order valence-electron chi connectivity index (χ3n) is 8.44. The first kappa shape index (κ1) is 28.3. The zero-order chi connectivity index (χ0) is 29.8. The summed E-state index contributed by atoms with van der Waals surface area (Å²) in [4.78, 5) is 30.7. The molecule has 3 aliphatic heterocycles. The molecule has 1 aliphatic carbocycles. The number of likely N-dealkylation sites (tertiary alicyclic amines) is 1. The van der Waals surface area contributed by atoms with Crippen LogP contribution in [0.4, 0.5) is 4.79 Å². The normalized spacial score (nSPS) is 22.0. The van der Waals surface area contributed by atoms with Crippen LogP contribution in [0.3, 0.4) is 0 Å². The molecule has 2 aromatic carbocycles. The maximum absolute atomic E-state index is 14.2. The molecule has 2 saturated heterocycles. The van der Waals surface area contributed by atoms with Crippen LogP contribution in [0.1, 0.15) is 49.1 Å². The molecule has 2 fully saturated rings. The van der Waals surface area contributed by atoms with Crippen molar-refractivity contribution in [2.24, 2.45) is 0 Å². The third-order valence-corrected chi connectivity index (χ3v) is 8.44. The summed E-state index contributed by atoms with van der Waals surface area (Å²) in [6, 6.07) is 16.2. The van der Waals surface area contributed by atoms with Gasteiger partial charge in [0.1, 0.15) is 11.7 Å². The van der Waals surface area contributed by atoms with Crippen molar-refractivity contribution in [3.8, 4) is 0 Å². The summed E-state index contributed by atoms with van der Waals surface area (Å²) < 4.78 is 11.1. The highest BCUT2D eigenvalue weighted by atomic mass is 16.6. The standard InChI is InChI=1S/C32H38N4O6/c1-31(2,3)42-30(40)33-19-32(20-33)34(17-18-41-4)29(39)27-28(38)25(37)15-16-35(27)36(32)26-23-11-7-5-9-21(23)13-14-22-10-6-8-12-24(22)26/h5-12,15-16,25-26,37-38H,13-14,17-20H2,1-4H3. The largest absolute Gasteiger partial charge is 0.507 e. The van der Waals surface area contributed by atoms with Crippen molar-refractivity contribution < 1.29 is 29.3 Å². The number of rotatable bonds is 4. The molecule has 2 aromatic rings. The maximum atomic E-state index is 14.2. The van der Waals surface area contributed by atoms with E-state index in [0.717, 1.165) is 24.0 Å². The Kier molecular flexibility index (Phi) is 7.03. The van der Waals surface area contributed by atoms with Gasteiger partial charge in [0.25, 0.3) is 5.91 Å². The molecule has 10 nitrogen and oxygen atoms in total. The van der Waals surface area contributed by atoms with Gasteiger partial charge in [-0.05, 0) is 61.9 Å². The second-order valence-corrected chi connectivity index (χ2v) is 12.3. The number of hydrazine groups is 1. The highest BCUT2D eigenvalue weighted by Gasteiger charge is 2.64. The van der Waals surface area contributed by atoms with Crippen LogP contribution in [0.2, 0.25) is 0 Å². The second kappa shape index (κ2) is 10.4. The van der Waals surface area contributed by atoms with Crippen LogP contribution in [-0.4, -0.2) is 92.7 Å². The smallest absolute Gasteiger partial charge is 0.410 e. The minimum absolute atomic E-state index is 0.0124. The number of methoxy groups -OCH3 is 1. The summed E-state index contributed by atoms with van der Waals surface area (Å²) in [6.45, 7) is 6.30. The average molecular weight is 575 g/mol. The summed E-state index contributed by atoms with van der Waals surface area (Å²) in [7, 11) is 1.57. The number of benzene rings is 2. The Labute approximate surface area is 246 Å². The van der Waals surface area contributed by atoms with Crippen LogP contribution >= 0.6 is 0 Å². The Morgan fingerprint density at radius 2 is 1.62 bits per heavy atom. The van der Waals surface area contributed by atoms with Gasteiger partial charge < -0.3 is 29.5 Å². The van der Waals surface area contributed by atoms with Crippen LogP contribution in [0, 0.1) is 0 Å². The Hall–Kier alpha value is -3.86. The fourth-order valence-electron chi connectivity index (χ4n) is 6.57. The molecular formula is C32H38N4O6. The molecule has 1 spiro atoms. The average Bonchev–Trinajstić information content (AvgIpc) is 3.09. The Balaban J connectivity index is 1.56. The lowest BCUT2D eigenvalue weighted by molar-refractivity contribution is -0.242. The fraction of sp³-hybridized carbons (Fsp3) is 0.438. The van der Waals surface area contributed by atoms with Crippen molar-refractivity contribution in [3.05, 3.63) is 94.5 Å². The minimum Gasteiger partial charge on any atom is -0.507 e. The van der Waals surface area contributed by atoms with Crippen LogP contribution < -0.4 is 0 Å². The van der Waals surface area contributed by atoms with Gasteiger partial charge in [-0.3, -0.25) is 9.80 Å². The predicted molar refractivity (Wildman–Crippen MR) is 155 cm³/mol. The van der Waals surface area contributed by atoms with Gasteiger partial charge in [0.05, 0.1) is 25.7 Å². The molecule has 1 unspecified atom stereocenters. The van der Waals surface area contributed by atoms with Crippen LogP contribution in [0.15, 0.2) is 72.3 Å². The topological polar surface area (TPSA) is 106 Å². The summed E-state index contributed by atoms with van der Waals surface area (Å²) in [5.74, 6) is -0.855. The third kappa shape index (κ3) is 4.54. The van der Waals surface area contributed by atoms with Crippen molar-refractivity contribution in [1.29, 1.82) is 0 Å². The molecule has 4 aliphatic rings. The number of aliphatic hydroxyl groups excluding tert-OH is 2. The number of hydrogen-bond donors (Lipinski definition) is 2. The van der Waals surface area contributed by atoms with Crippen LogP contribution in [-0.2, 0) is 27.1 Å². The Morgan fingerprint density at radius 1 is 1.02 bits per heavy atom. The van der Waals surface area contributed by atoms with Crippen LogP contribution in [0.5, 0.6) is 0 Å². The highest BCUT2D eigenvalue weighted by Crippen LogP contribution is 2.50. The number of carbonyl (C=O) groups is 2. The van der Waals surface area contributed by atoms with E-state index in [1.165, 1.54) is 17.2 Å². The number of aryl methyl sites for hydroxylation is 2. The van der Waals surface area contributed by atoms with Gasteiger partial charge in [-0.2, -0.15) is 5.01 Å². The second-order valence-electron chi connectivity index (χ2n) is 12.3. The molecule has 10 heteroatoms. The molecule has 0 aromatic heterocycles. The lowest BCUT2D eigenvalue weighted by Crippen LogP contribution is -2.84. The number of aliphatic hydroxyl groups is 2. The van der Waals surface area contributed by atoms with E-state index < -0.39 is 35.1 Å². The molecule has 42 heavy (non-hydrogen) atoms. The maximum Gasteiger partial charge on any atom is 0.410 e. The van der Waals surface area contributed by atoms with Crippen molar-refractivity contribution in [3.63, 3.8) is 0 Å². The van der Waals surface area contributed by atoms with Crippen molar-refractivity contribution in [2.45, 2.75) is 57.0 Å². The quantitative estimate of drug-likeness (QED) is 0.572. The molecular weight excluding hydrogens is 536 g/mol. The lowest BCUT2D eigenvalue weighted by atomic mass is 9.86. The first-order chi connectivity index (χ1) is 20.1. The molecule has 0 bridgehead atoms. The van der Waals surface area contributed by atoms with E-state index in [9.17, 15) is 19.8 Å². The van der Waals surface area contributed by atoms with Crippen molar-refractivity contribution >= 4 is 12.0 Å². The van der Waals surface area contributed by atoms with Gasteiger partial charge in [-0.25, -0.2) is 4.79 Å². The highest BCUT2D eigenvalue weighted by molar-refractivity contribution is 5.95. The van der Waals surface area contributed by atoms with E-state index in [1.54, 1.807) is 28.1 Å². The molecule has 222 valence electrons. The van der Waals surface area contributed by atoms with Gasteiger partial charge in [0.15, 0.2) is 17.1 Å². The first-order valence-corrected chi connectivity index (χ1v) is 14.4. The van der Waals surface area contributed by atoms with Crippen molar-refractivity contribution in [2.75, 3.05) is 33.4 Å². The zero-order valence-electron chi connectivity index (χ0n) is 24.5. The molecule has 1 atom stereocenters. The monoisotopic (exact) mass is 574 g/mol. The molecule has 0 radical (unpaired) electrons.